The summed E-state index contributed by atoms with van der Waals surface area (Å²) in [7, 11) is 0. The summed E-state index contributed by atoms with van der Waals surface area (Å²) in [5.74, 6) is 1.08. The Labute approximate surface area is 73.0 Å². The number of aryl methyl sites for hydroxylation is 2. The monoisotopic (exact) mass is 162 g/mol. The van der Waals surface area contributed by atoms with Crippen LogP contribution in [0.2, 0.25) is 0 Å². The van der Waals surface area contributed by atoms with Crippen molar-refractivity contribution < 1.29 is 0 Å². The Bertz CT molecular complexity index is 294. The Morgan fingerprint density at radius 2 is 2.42 bits per heavy atom. The second-order valence-electron chi connectivity index (χ2n) is 3.60. The number of aromatic nitrogens is 1. The van der Waals surface area contributed by atoms with Crippen molar-refractivity contribution >= 4 is 5.82 Å². The molecule has 0 amide bonds. The Balaban J connectivity index is 2.37. The molecule has 1 N–H and O–H groups in total. The minimum absolute atomic E-state index is 0.577. The van der Waals surface area contributed by atoms with Gasteiger partial charge in [0.1, 0.15) is 5.82 Å². The Kier molecular flexibility index (Phi) is 1.75. The van der Waals surface area contributed by atoms with Crippen LogP contribution >= 0.6 is 0 Å². The Morgan fingerprint density at radius 3 is 3.25 bits per heavy atom. The van der Waals surface area contributed by atoms with E-state index in [0.717, 1.165) is 12.2 Å². The van der Waals surface area contributed by atoms with E-state index in [9.17, 15) is 0 Å². The largest absolute Gasteiger partial charge is 0.367 e. The van der Waals surface area contributed by atoms with Crippen LogP contribution in [0, 0.1) is 6.92 Å². The molecule has 0 fully saturated rings. The fourth-order valence-corrected chi connectivity index (χ4v) is 1.63. The molecule has 0 spiro atoms. The zero-order valence-electron chi connectivity index (χ0n) is 7.59. The van der Waals surface area contributed by atoms with Crippen LogP contribution in [-0.2, 0) is 6.42 Å². The van der Waals surface area contributed by atoms with Crippen molar-refractivity contribution in [3.63, 3.8) is 0 Å². The number of fused-ring (bicyclic) bond motifs is 1. The van der Waals surface area contributed by atoms with Crippen LogP contribution in [0.15, 0.2) is 12.3 Å². The smallest absolute Gasteiger partial charge is 0.129 e. The SMILES string of the molecule is Cc1cnc2c(c1)CC[C@@H](C)N2. The van der Waals surface area contributed by atoms with Gasteiger partial charge in [-0.1, -0.05) is 6.07 Å². The minimum Gasteiger partial charge on any atom is -0.367 e. The zero-order valence-corrected chi connectivity index (χ0v) is 7.59. The summed E-state index contributed by atoms with van der Waals surface area (Å²) in [4.78, 5) is 4.36. The molecule has 1 aromatic heterocycles. The topological polar surface area (TPSA) is 24.9 Å². The Hall–Kier alpha value is -1.05. The summed E-state index contributed by atoms with van der Waals surface area (Å²) in [6.45, 7) is 4.29. The molecule has 0 unspecified atom stereocenters. The van der Waals surface area contributed by atoms with Crippen molar-refractivity contribution in [3.8, 4) is 0 Å². The van der Waals surface area contributed by atoms with Gasteiger partial charge < -0.3 is 5.32 Å². The molecule has 0 aromatic carbocycles. The number of pyridine rings is 1. The van der Waals surface area contributed by atoms with E-state index in [1.807, 2.05) is 6.20 Å². The van der Waals surface area contributed by atoms with Crippen LogP contribution < -0.4 is 5.32 Å². The van der Waals surface area contributed by atoms with Crippen molar-refractivity contribution in [2.75, 3.05) is 5.32 Å². The molecule has 1 aliphatic rings. The summed E-state index contributed by atoms with van der Waals surface area (Å²) in [6, 6.07) is 2.80. The molecule has 0 saturated heterocycles. The van der Waals surface area contributed by atoms with Gasteiger partial charge in [-0.3, -0.25) is 0 Å². The normalized spacial score (nSPS) is 21.3. The molecular weight excluding hydrogens is 148 g/mol. The van der Waals surface area contributed by atoms with E-state index in [0.29, 0.717) is 6.04 Å². The second-order valence-corrected chi connectivity index (χ2v) is 3.60. The first-order valence-corrected chi connectivity index (χ1v) is 4.48. The highest BCUT2D eigenvalue weighted by Gasteiger charge is 2.14. The summed E-state index contributed by atoms with van der Waals surface area (Å²) in [6.07, 6.45) is 4.31. The molecule has 2 heterocycles. The van der Waals surface area contributed by atoms with Gasteiger partial charge in [0.05, 0.1) is 0 Å². The highest BCUT2D eigenvalue weighted by molar-refractivity contribution is 5.48. The number of nitrogens with zero attached hydrogens (tertiary/aromatic N) is 1. The summed E-state index contributed by atoms with van der Waals surface area (Å²) in [5.41, 5.74) is 2.62. The van der Waals surface area contributed by atoms with E-state index in [1.54, 1.807) is 0 Å². The van der Waals surface area contributed by atoms with Crippen LogP contribution in [0.5, 0.6) is 0 Å². The highest BCUT2D eigenvalue weighted by Crippen LogP contribution is 2.22. The van der Waals surface area contributed by atoms with Crippen molar-refractivity contribution in [2.45, 2.75) is 32.7 Å². The highest BCUT2D eigenvalue weighted by atomic mass is 15.0. The first-order valence-electron chi connectivity index (χ1n) is 4.48. The molecule has 0 aliphatic carbocycles. The number of rotatable bonds is 0. The lowest BCUT2D eigenvalue weighted by atomic mass is 10.0. The van der Waals surface area contributed by atoms with E-state index in [1.165, 1.54) is 17.5 Å². The fourth-order valence-electron chi connectivity index (χ4n) is 1.63. The van der Waals surface area contributed by atoms with Gasteiger partial charge in [-0.2, -0.15) is 0 Å². The standard InChI is InChI=1S/C10H14N2/c1-7-5-9-4-3-8(2)12-10(9)11-6-7/h5-6,8H,3-4H2,1-2H3,(H,11,12)/t8-/m1/s1. The van der Waals surface area contributed by atoms with E-state index in [4.69, 9.17) is 0 Å². The summed E-state index contributed by atoms with van der Waals surface area (Å²) < 4.78 is 0. The van der Waals surface area contributed by atoms with Crippen LogP contribution in [0.25, 0.3) is 0 Å². The maximum absolute atomic E-state index is 4.36. The second kappa shape index (κ2) is 2.77. The number of anilines is 1. The van der Waals surface area contributed by atoms with E-state index < -0.39 is 0 Å². The van der Waals surface area contributed by atoms with E-state index in [2.05, 4.69) is 30.2 Å². The maximum atomic E-state index is 4.36. The maximum Gasteiger partial charge on any atom is 0.129 e. The van der Waals surface area contributed by atoms with Crippen LogP contribution in [0.3, 0.4) is 0 Å². The van der Waals surface area contributed by atoms with Gasteiger partial charge >= 0.3 is 0 Å². The Morgan fingerprint density at radius 1 is 1.58 bits per heavy atom. The average molecular weight is 162 g/mol. The lowest BCUT2D eigenvalue weighted by Gasteiger charge is -2.22. The first-order chi connectivity index (χ1) is 5.75. The van der Waals surface area contributed by atoms with E-state index in [-0.39, 0.29) is 0 Å². The van der Waals surface area contributed by atoms with Crippen LogP contribution in [0.1, 0.15) is 24.5 Å². The van der Waals surface area contributed by atoms with Gasteiger partial charge in [0.15, 0.2) is 0 Å². The van der Waals surface area contributed by atoms with Crippen LogP contribution in [0.4, 0.5) is 5.82 Å². The third kappa shape index (κ3) is 1.29. The predicted molar refractivity (Wildman–Crippen MR) is 50.4 cm³/mol. The molecule has 0 bridgehead atoms. The molecule has 0 radical (unpaired) electrons. The lowest BCUT2D eigenvalue weighted by Crippen LogP contribution is -2.22. The molecule has 2 nitrogen and oxygen atoms in total. The van der Waals surface area contributed by atoms with E-state index >= 15 is 0 Å². The quantitative estimate of drug-likeness (QED) is 0.632. The van der Waals surface area contributed by atoms with Gasteiger partial charge in [0.25, 0.3) is 0 Å². The lowest BCUT2D eigenvalue weighted by molar-refractivity contribution is 0.673. The average Bonchev–Trinajstić information content (AvgIpc) is 2.05. The summed E-state index contributed by atoms with van der Waals surface area (Å²) >= 11 is 0. The summed E-state index contributed by atoms with van der Waals surface area (Å²) in [5, 5.41) is 3.38. The van der Waals surface area contributed by atoms with Crippen molar-refractivity contribution in [1.82, 2.24) is 4.98 Å². The van der Waals surface area contributed by atoms with Gasteiger partial charge in [-0.05, 0) is 37.8 Å². The molecule has 64 valence electrons. The third-order valence-electron chi connectivity index (χ3n) is 2.33. The third-order valence-corrected chi connectivity index (χ3v) is 2.33. The molecule has 2 heteroatoms. The number of hydrogen-bond donors (Lipinski definition) is 1. The first kappa shape index (κ1) is 7.59. The minimum atomic E-state index is 0.577. The molecular formula is C10H14N2. The van der Waals surface area contributed by atoms with Gasteiger partial charge in [0.2, 0.25) is 0 Å². The molecule has 1 aliphatic heterocycles. The van der Waals surface area contributed by atoms with Gasteiger partial charge in [-0.25, -0.2) is 4.98 Å². The molecule has 12 heavy (non-hydrogen) atoms. The predicted octanol–water partition coefficient (Wildman–Crippen LogP) is 2.14. The molecule has 1 aromatic rings. The number of hydrogen-bond acceptors (Lipinski definition) is 2. The van der Waals surface area contributed by atoms with Crippen molar-refractivity contribution in [2.24, 2.45) is 0 Å². The number of nitrogens with one attached hydrogen (secondary N) is 1. The zero-order chi connectivity index (χ0) is 8.55. The fraction of sp³-hybridized carbons (Fsp3) is 0.500. The molecule has 1 atom stereocenters. The molecule has 0 saturated carbocycles. The van der Waals surface area contributed by atoms with Crippen LogP contribution in [-0.4, -0.2) is 11.0 Å². The molecule has 2 rings (SSSR count). The van der Waals surface area contributed by atoms with Crippen molar-refractivity contribution in [3.05, 3.63) is 23.4 Å². The van der Waals surface area contributed by atoms with Crippen molar-refractivity contribution in [1.29, 1.82) is 0 Å². The van der Waals surface area contributed by atoms with Gasteiger partial charge in [-0.15, -0.1) is 0 Å². The van der Waals surface area contributed by atoms with Gasteiger partial charge in [0, 0.05) is 12.2 Å².